The number of fused-ring (bicyclic) bond motifs is 1. The van der Waals surface area contributed by atoms with Crippen LogP contribution in [0.2, 0.25) is 0 Å². The van der Waals surface area contributed by atoms with Gasteiger partial charge in [-0.3, -0.25) is 9.59 Å². The van der Waals surface area contributed by atoms with Crippen molar-refractivity contribution < 1.29 is 24.5 Å². The summed E-state index contributed by atoms with van der Waals surface area (Å²) >= 11 is 0. The fraction of sp³-hybridized carbons (Fsp3) is 0.690. The number of amides is 2. The molecule has 3 aliphatic rings. The van der Waals surface area contributed by atoms with Gasteiger partial charge in [0.25, 0.3) is 5.91 Å². The molecule has 1 aliphatic heterocycles. The molecule has 1 aromatic heterocycles. The van der Waals surface area contributed by atoms with Gasteiger partial charge in [0, 0.05) is 37.2 Å². The number of ether oxygens (including phenoxy) is 1. The molecular formula is C29H41N3O5. The van der Waals surface area contributed by atoms with Crippen LogP contribution in [0.3, 0.4) is 0 Å². The van der Waals surface area contributed by atoms with E-state index in [1.807, 2.05) is 20.9 Å². The number of aliphatic hydroxyl groups is 2. The van der Waals surface area contributed by atoms with Gasteiger partial charge in [0.05, 0.1) is 19.2 Å². The van der Waals surface area contributed by atoms with E-state index in [1.54, 1.807) is 22.1 Å². The van der Waals surface area contributed by atoms with E-state index in [9.17, 15) is 19.8 Å². The molecule has 8 nitrogen and oxygen atoms in total. The quantitative estimate of drug-likeness (QED) is 0.589. The molecule has 37 heavy (non-hydrogen) atoms. The van der Waals surface area contributed by atoms with E-state index in [1.165, 1.54) is 6.42 Å². The van der Waals surface area contributed by atoms with Crippen LogP contribution in [0.15, 0.2) is 12.3 Å². The summed E-state index contributed by atoms with van der Waals surface area (Å²) in [4.78, 5) is 34.6. The highest BCUT2D eigenvalue weighted by Gasteiger charge is 2.36. The summed E-state index contributed by atoms with van der Waals surface area (Å²) in [7, 11) is 1.83. The van der Waals surface area contributed by atoms with Crippen molar-refractivity contribution in [3.05, 3.63) is 23.4 Å². The SMILES string of the molecule is C[C@H](CO)N1C[C@H](C)[C@@H](CN(C)C(=O)C2CCCCC2)Oc2ncc(C#CC3(O)CCCC3)cc2C1=O. The molecule has 2 saturated carbocycles. The molecule has 0 bridgehead atoms. The van der Waals surface area contributed by atoms with Crippen molar-refractivity contribution in [1.29, 1.82) is 0 Å². The molecule has 0 spiro atoms. The van der Waals surface area contributed by atoms with Gasteiger partial charge in [-0.05, 0) is 51.5 Å². The standard InChI is InChI=1S/C29H41N3O5/c1-20-17-32(21(2)19-33)28(35)24-15-22(11-14-29(36)12-7-8-13-29)16-30-26(24)37-25(20)18-31(3)27(34)23-9-5-4-6-10-23/h15-16,20-21,23,25,33,36H,4-10,12-13,17-19H2,1-3H3/t20-,21+,25+/m0/s1. The highest BCUT2D eigenvalue weighted by molar-refractivity contribution is 5.97. The number of aliphatic hydroxyl groups excluding tert-OH is 1. The minimum atomic E-state index is -0.988. The molecule has 3 atom stereocenters. The molecule has 2 fully saturated rings. The largest absolute Gasteiger partial charge is 0.472 e. The zero-order chi connectivity index (χ0) is 26.6. The van der Waals surface area contributed by atoms with Gasteiger partial charge in [0.15, 0.2) is 0 Å². The zero-order valence-electron chi connectivity index (χ0n) is 22.4. The molecule has 0 unspecified atom stereocenters. The smallest absolute Gasteiger partial charge is 0.259 e. The Balaban J connectivity index is 1.61. The van der Waals surface area contributed by atoms with Crippen LogP contribution in [-0.2, 0) is 4.79 Å². The maximum absolute atomic E-state index is 13.6. The molecule has 2 N–H and O–H groups in total. The predicted molar refractivity (Wildman–Crippen MR) is 140 cm³/mol. The van der Waals surface area contributed by atoms with E-state index in [2.05, 4.69) is 16.8 Å². The topological polar surface area (TPSA) is 103 Å². The van der Waals surface area contributed by atoms with E-state index in [0.29, 0.717) is 31.5 Å². The minimum Gasteiger partial charge on any atom is -0.472 e. The van der Waals surface area contributed by atoms with Crippen LogP contribution in [0, 0.1) is 23.7 Å². The monoisotopic (exact) mass is 511 g/mol. The van der Waals surface area contributed by atoms with Crippen molar-refractivity contribution in [2.75, 3.05) is 26.7 Å². The number of hydrogen-bond donors (Lipinski definition) is 2. The lowest BCUT2D eigenvalue weighted by Crippen LogP contribution is -2.51. The Labute approximate surface area is 220 Å². The van der Waals surface area contributed by atoms with Crippen LogP contribution in [0.4, 0.5) is 0 Å². The first kappa shape index (κ1) is 27.4. The van der Waals surface area contributed by atoms with E-state index in [-0.39, 0.29) is 47.8 Å². The Morgan fingerprint density at radius 1 is 1.27 bits per heavy atom. The normalized spacial score (nSPS) is 24.7. The highest BCUT2D eigenvalue weighted by atomic mass is 16.5. The molecule has 2 amide bonds. The number of pyridine rings is 1. The van der Waals surface area contributed by atoms with E-state index in [4.69, 9.17) is 4.74 Å². The summed E-state index contributed by atoms with van der Waals surface area (Å²) in [6.07, 6.45) is 9.64. The van der Waals surface area contributed by atoms with Gasteiger partial charge in [-0.15, -0.1) is 0 Å². The van der Waals surface area contributed by atoms with Gasteiger partial charge in [-0.2, -0.15) is 0 Å². The third kappa shape index (κ3) is 6.45. The maximum Gasteiger partial charge on any atom is 0.259 e. The first-order chi connectivity index (χ1) is 17.7. The van der Waals surface area contributed by atoms with Gasteiger partial charge in [-0.1, -0.05) is 38.0 Å². The van der Waals surface area contributed by atoms with Gasteiger partial charge in [-0.25, -0.2) is 4.98 Å². The molecular weight excluding hydrogens is 470 g/mol. The number of likely N-dealkylation sites (N-methyl/N-ethyl adjacent to an activating group) is 1. The van der Waals surface area contributed by atoms with Crippen molar-refractivity contribution in [2.24, 2.45) is 11.8 Å². The Morgan fingerprint density at radius 2 is 1.97 bits per heavy atom. The first-order valence-corrected chi connectivity index (χ1v) is 13.8. The molecule has 1 aromatic rings. The van der Waals surface area contributed by atoms with Crippen molar-refractivity contribution in [1.82, 2.24) is 14.8 Å². The second-order valence-electron chi connectivity index (χ2n) is 11.2. The van der Waals surface area contributed by atoms with Crippen LogP contribution < -0.4 is 4.74 Å². The Morgan fingerprint density at radius 3 is 2.65 bits per heavy atom. The van der Waals surface area contributed by atoms with E-state index < -0.39 is 11.6 Å². The summed E-state index contributed by atoms with van der Waals surface area (Å²) in [6, 6.07) is 1.27. The average Bonchev–Trinajstić information content (AvgIpc) is 3.35. The molecule has 2 heterocycles. The molecule has 0 saturated heterocycles. The summed E-state index contributed by atoms with van der Waals surface area (Å²) in [5.41, 5.74) is -0.177. The van der Waals surface area contributed by atoms with Gasteiger partial charge < -0.3 is 24.7 Å². The van der Waals surface area contributed by atoms with Crippen LogP contribution >= 0.6 is 0 Å². The first-order valence-electron chi connectivity index (χ1n) is 13.8. The van der Waals surface area contributed by atoms with Crippen LogP contribution in [-0.4, -0.2) is 81.3 Å². The van der Waals surface area contributed by atoms with Gasteiger partial charge >= 0.3 is 0 Å². The van der Waals surface area contributed by atoms with Gasteiger partial charge in [0.2, 0.25) is 11.8 Å². The lowest BCUT2D eigenvalue weighted by atomic mass is 9.88. The maximum atomic E-state index is 13.6. The summed E-state index contributed by atoms with van der Waals surface area (Å²) in [5, 5.41) is 20.5. The minimum absolute atomic E-state index is 0.0660. The molecule has 202 valence electrons. The van der Waals surface area contributed by atoms with Crippen molar-refractivity contribution >= 4 is 11.8 Å². The number of hydrogen-bond acceptors (Lipinski definition) is 6. The van der Waals surface area contributed by atoms with E-state index >= 15 is 0 Å². The lowest BCUT2D eigenvalue weighted by molar-refractivity contribution is -0.136. The van der Waals surface area contributed by atoms with Crippen molar-refractivity contribution in [3.8, 4) is 17.7 Å². The fourth-order valence-corrected chi connectivity index (χ4v) is 5.68. The molecule has 0 radical (unpaired) electrons. The highest BCUT2D eigenvalue weighted by Crippen LogP contribution is 2.30. The Bertz CT molecular complexity index is 1040. The molecule has 2 aliphatic carbocycles. The van der Waals surface area contributed by atoms with Gasteiger partial charge in [0.1, 0.15) is 17.3 Å². The molecule has 8 heteroatoms. The Hall–Kier alpha value is -2.63. The Kier molecular flexibility index (Phi) is 8.76. The number of aromatic nitrogens is 1. The second-order valence-corrected chi connectivity index (χ2v) is 11.2. The lowest BCUT2D eigenvalue weighted by Gasteiger charge is -2.38. The number of nitrogens with zero attached hydrogens (tertiary/aromatic N) is 3. The van der Waals surface area contributed by atoms with Crippen molar-refractivity contribution in [3.63, 3.8) is 0 Å². The molecule has 4 rings (SSSR count). The van der Waals surface area contributed by atoms with Crippen LogP contribution in [0.1, 0.15) is 87.6 Å². The zero-order valence-corrected chi connectivity index (χ0v) is 22.4. The fourth-order valence-electron chi connectivity index (χ4n) is 5.68. The van der Waals surface area contributed by atoms with Crippen LogP contribution in [0.25, 0.3) is 0 Å². The summed E-state index contributed by atoms with van der Waals surface area (Å²) in [5.74, 6) is 6.03. The van der Waals surface area contributed by atoms with E-state index in [0.717, 1.165) is 38.5 Å². The second kappa shape index (κ2) is 11.8. The van der Waals surface area contributed by atoms with Crippen molar-refractivity contribution in [2.45, 2.75) is 89.4 Å². The average molecular weight is 512 g/mol. The number of carbonyl (C=O) groups excluding carboxylic acids is 2. The third-order valence-corrected chi connectivity index (χ3v) is 8.18. The summed E-state index contributed by atoms with van der Waals surface area (Å²) < 4.78 is 6.33. The number of carbonyl (C=O) groups is 2. The van der Waals surface area contributed by atoms with Crippen LogP contribution in [0.5, 0.6) is 5.88 Å². The number of rotatable bonds is 5. The summed E-state index contributed by atoms with van der Waals surface area (Å²) in [6.45, 7) is 4.42. The third-order valence-electron chi connectivity index (χ3n) is 8.18. The molecule has 0 aromatic carbocycles. The predicted octanol–water partition coefficient (Wildman–Crippen LogP) is 3.00.